The fraction of sp³-hybridized carbons (Fsp3) is 0. The third kappa shape index (κ3) is 1.64. The van der Waals surface area contributed by atoms with Gasteiger partial charge in [-0.1, -0.05) is 0 Å². The standard InChI is InChI=1S/C6H7AsO5/c8-4-2-1-3-5(9)6(4)7(10,11)12/h1-3,8-9H,(H2,10,11,12). The summed E-state index contributed by atoms with van der Waals surface area (Å²) in [6.07, 6.45) is 0. The predicted molar refractivity (Wildman–Crippen MR) is 40.3 cm³/mol. The number of phenols is 2. The van der Waals surface area contributed by atoms with Crippen molar-refractivity contribution in [3.05, 3.63) is 18.2 Å². The summed E-state index contributed by atoms with van der Waals surface area (Å²) in [6, 6.07) is 3.50. The third-order valence-electron chi connectivity index (χ3n) is 1.28. The van der Waals surface area contributed by atoms with E-state index in [1.165, 1.54) is 6.07 Å². The van der Waals surface area contributed by atoms with Gasteiger partial charge < -0.3 is 0 Å². The Kier molecular flexibility index (Phi) is 2.19. The van der Waals surface area contributed by atoms with Crippen LogP contribution >= 0.6 is 0 Å². The van der Waals surface area contributed by atoms with E-state index in [2.05, 4.69) is 0 Å². The number of hydrogen-bond donors (Lipinski definition) is 4. The maximum atomic E-state index is 10.7. The third-order valence-corrected chi connectivity index (χ3v) is 3.47. The summed E-state index contributed by atoms with van der Waals surface area (Å²) in [5, 5.41) is 18.0. The van der Waals surface area contributed by atoms with Gasteiger partial charge in [-0.3, -0.25) is 0 Å². The molecule has 0 aliphatic carbocycles. The number of aromatic hydroxyl groups is 2. The molecule has 6 heteroatoms. The number of rotatable bonds is 1. The van der Waals surface area contributed by atoms with E-state index >= 15 is 0 Å². The van der Waals surface area contributed by atoms with Gasteiger partial charge in [-0.15, -0.1) is 0 Å². The van der Waals surface area contributed by atoms with Crippen LogP contribution in [0.2, 0.25) is 0 Å². The Labute approximate surface area is 70.9 Å². The van der Waals surface area contributed by atoms with Gasteiger partial charge in [0.25, 0.3) is 0 Å². The molecule has 0 aromatic heterocycles. The molecule has 66 valence electrons. The van der Waals surface area contributed by atoms with E-state index in [-0.39, 0.29) is 0 Å². The fourth-order valence-corrected chi connectivity index (χ4v) is 2.38. The predicted octanol–water partition coefficient (Wildman–Crippen LogP) is -1.34. The van der Waals surface area contributed by atoms with Crippen molar-refractivity contribution in [2.24, 2.45) is 0 Å². The zero-order chi connectivity index (χ0) is 9.35. The first kappa shape index (κ1) is 9.19. The van der Waals surface area contributed by atoms with E-state index in [1.807, 2.05) is 0 Å². The minimum atomic E-state index is -5.20. The summed E-state index contributed by atoms with van der Waals surface area (Å²) in [6.45, 7) is 0. The molecule has 0 radical (unpaired) electrons. The molecule has 0 heterocycles. The average Bonchev–Trinajstić information content (AvgIpc) is 1.82. The fourth-order valence-electron chi connectivity index (χ4n) is 0.818. The van der Waals surface area contributed by atoms with Crippen LogP contribution in [0.15, 0.2) is 18.2 Å². The molecule has 0 unspecified atom stereocenters. The van der Waals surface area contributed by atoms with Gasteiger partial charge in [0.05, 0.1) is 0 Å². The van der Waals surface area contributed by atoms with Crippen LogP contribution in [0, 0.1) is 0 Å². The van der Waals surface area contributed by atoms with Gasteiger partial charge in [0, 0.05) is 0 Å². The van der Waals surface area contributed by atoms with Crippen molar-refractivity contribution in [2.45, 2.75) is 0 Å². The van der Waals surface area contributed by atoms with Crippen molar-refractivity contribution < 1.29 is 22.1 Å². The van der Waals surface area contributed by atoms with Crippen LogP contribution in [-0.4, -0.2) is 32.6 Å². The molecule has 5 nitrogen and oxygen atoms in total. The van der Waals surface area contributed by atoms with E-state index < -0.39 is 30.0 Å². The van der Waals surface area contributed by atoms with Crippen LogP contribution in [0.4, 0.5) is 0 Å². The Hall–Kier alpha value is -0.902. The summed E-state index contributed by atoms with van der Waals surface area (Å²) in [4.78, 5) is 0. The SMILES string of the molecule is O=[As](O)(O)c1c(O)cccc1O. The molecule has 1 aromatic carbocycles. The molecule has 0 aliphatic rings. The Morgan fingerprint density at radius 2 is 1.50 bits per heavy atom. The maximum absolute atomic E-state index is 10.7. The van der Waals surface area contributed by atoms with Crippen molar-refractivity contribution in [1.82, 2.24) is 0 Å². The Balaban J connectivity index is 3.42. The van der Waals surface area contributed by atoms with Crippen molar-refractivity contribution in [3.8, 4) is 11.5 Å². The Morgan fingerprint density at radius 3 is 1.75 bits per heavy atom. The summed E-state index contributed by atoms with van der Waals surface area (Å²) in [5.41, 5.74) is 0. The Morgan fingerprint density at radius 1 is 1.08 bits per heavy atom. The first-order valence-electron chi connectivity index (χ1n) is 3.00. The van der Waals surface area contributed by atoms with Gasteiger partial charge in [0.1, 0.15) is 0 Å². The molecule has 0 spiro atoms. The van der Waals surface area contributed by atoms with E-state index in [1.54, 1.807) is 0 Å². The van der Waals surface area contributed by atoms with E-state index in [0.717, 1.165) is 12.1 Å². The van der Waals surface area contributed by atoms with Crippen LogP contribution in [-0.2, 0) is 3.74 Å². The first-order chi connectivity index (χ1) is 5.43. The molecule has 0 fully saturated rings. The minimum absolute atomic E-state index is 0.581. The van der Waals surface area contributed by atoms with Crippen molar-refractivity contribution in [2.75, 3.05) is 0 Å². The molecule has 0 atom stereocenters. The topological polar surface area (TPSA) is 98.0 Å². The molecule has 12 heavy (non-hydrogen) atoms. The first-order valence-corrected chi connectivity index (χ1v) is 6.38. The normalized spacial score (nSPS) is 11.5. The second kappa shape index (κ2) is 2.86. The molecule has 4 N–H and O–H groups in total. The van der Waals surface area contributed by atoms with E-state index in [4.69, 9.17) is 18.4 Å². The van der Waals surface area contributed by atoms with E-state index in [0.29, 0.717) is 0 Å². The quantitative estimate of drug-likeness (QED) is 0.451. The number of benzene rings is 1. The molecule has 0 saturated carbocycles. The summed E-state index contributed by atoms with van der Waals surface area (Å²) in [7, 11) is 0. The zero-order valence-electron chi connectivity index (χ0n) is 5.88. The average molecular weight is 234 g/mol. The summed E-state index contributed by atoms with van der Waals surface area (Å²) in [5.74, 6) is -1.16. The monoisotopic (exact) mass is 234 g/mol. The second-order valence-corrected chi connectivity index (χ2v) is 5.41. The van der Waals surface area contributed by atoms with Crippen molar-refractivity contribution in [3.63, 3.8) is 0 Å². The van der Waals surface area contributed by atoms with Crippen LogP contribution in [0.1, 0.15) is 0 Å². The van der Waals surface area contributed by atoms with Gasteiger partial charge in [-0.05, 0) is 0 Å². The van der Waals surface area contributed by atoms with Gasteiger partial charge in [0.15, 0.2) is 0 Å². The van der Waals surface area contributed by atoms with Crippen LogP contribution < -0.4 is 4.35 Å². The molecule has 1 rings (SSSR count). The zero-order valence-corrected chi connectivity index (χ0v) is 7.75. The number of hydrogen-bond acceptors (Lipinski definition) is 3. The Bertz CT molecular complexity index is 322. The van der Waals surface area contributed by atoms with Crippen molar-refractivity contribution >= 4 is 18.5 Å². The van der Waals surface area contributed by atoms with Gasteiger partial charge >= 0.3 is 70.4 Å². The number of phenolic OH excluding ortho intramolecular Hbond substituents is 2. The van der Waals surface area contributed by atoms with Crippen LogP contribution in [0.5, 0.6) is 11.5 Å². The van der Waals surface area contributed by atoms with Gasteiger partial charge in [-0.2, -0.15) is 0 Å². The van der Waals surface area contributed by atoms with Gasteiger partial charge in [0.2, 0.25) is 0 Å². The van der Waals surface area contributed by atoms with E-state index in [9.17, 15) is 3.74 Å². The second-order valence-electron chi connectivity index (χ2n) is 2.19. The van der Waals surface area contributed by atoms with Crippen molar-refractivity contribution in [1.29, 1.82) is 0 Å². The molecule has 1 aromatic rings. The molecule has 0 saturated heterocycles. The molecule has 0 amide bonds. The molecule has 0 aliphatic heterocycles. The van der Waals surface area contributed by atoms with Gasteiger partial charge in [-0.25, -0.2) is 0 Å². The molecule has 0 bridgehead atoms. The molecular formula is C6H7AsO5. The van der Waals surface area contributed by atoms with Crippen LogP contribution in [0.3, 0.4) is 0 Å². The molecular weight excluding hydrogens is 227 g/mol. The summed E-state index contributed by atoms with van der Waals surface area (Å²) < 4.78 is 27.4. The van der Waals surface area contributed by atoms with Crippen LogP contribution in [0.25, 0.3) is 0 Å². The summed E-state index contributed by atoms with van der Waals surface area (Å²) >= 11 is -5.20.